The largest absolute Gasteiger partial charge is 0.408 e. The summed E-state index contributed by atoms with van der Waals surface area (Å²) in [5.74, 6) is -1.69. The summed E-state index contributed by atoms with van der Waals surface area (Å²) in [7, 11) is 0. The summed E-state index contributed by atoms with van der Waals surface area (Å²) >= 11 is 0. The molecule has 4 heteroatoms. The molecule has 0 heterocycles. The fourth-order valence-corrected chi connectivity index (χ4v) is 1.23. The monoisotopic (exact) mass is 232 g/mol. The number of carbonyl (C=O) groups is 1. The van der Waals surface area contributed by atoms with Gasteiger partial charge in [0.05, 0.1) is 12.2 Å². The minimum Gasteiger partial charge on any atom is -0.408 e. The summed E-state index contributed by atoms with van der Waals surface area (Å²) in [5.41, 5.74) is 0. The van der Waals surface area contributed by atoms with Crippen molar-refractivity contribution in [2.24, 2.45) is 0 Å². The Balaban J connectivity index is 4.53. The van der Waals surface area contributed by atoms with Gasteiger partial charge < -0.3 is 14.2 Å². The van der Waals surface area contributed by atoms with E-state index in [4.69, 9.17) is 14.2 Å². The highest BCUT2D eigenvalue weighted by Crippen LogP contribution is 2.21. The standard InChI is InChI=1S/C12H24O4/c1-7-9(3)14-12(6,16-11(5)13)15-10(4)8-2/h9-10H,7-8H2,1-6H3. The fraction of sp³-hybridized carbons (Fsp3) is 0.917. The molecule has 0 N–H and O–H groups in total. The Labute approximate surface area is 98.3 Å². The summed E-state index contributed by atoms with van der Waals surface area (Å²) in [6.45, 7) is 10.8. The number of rotatable bonds is 7. The molecular formula is C12H24O4. The zero-order chi connectivity index (χ0) is 12.8. The van der Waals surface area contributed by atoms with Gasteiger partial charge in [-0.05, 0) is 26.7 Å². The molecule has 4 nitrogen and oxygen atoms in total. The average molecular weight is 232 g/mol. The van der Waals surface area contributed by atoms with E-state index in [9.17, 15) is 4.79 Å². The predicted molar refractivity (Wildman–Crippen MR) is 61.8 cm³/mol. The van der Waals surface area contributed by atoms with Crippen LogP contribution in [-0.2, 0) is 19.0 Å². The van der Waals surface area contributed by atoms with Crippen molar-refractivity contribution < 1.29 is 19.0 Å². The number of carbonyl (C=O) groups excluding carboxylic acids is 1. The molecule has 0 rings (SSSR count). The second kappa shape index (κ2) is 6.86. The van der Waals surface area contributed by atoms with E-state index < -0.39 is 11.9 Å². The fourth-order valence-electron chi connectivity index (χ4n) is 1.23. The van der Waals surface area contributed by atoms with Crippen molar-refractivity contribution in [3.8, 4) is 0 Å². The van der Waals surface area contributed by atoms with Crippen LogP contribution in [0.5, 0.6) is 0 Å². The number of ether oxygens (including phenoxy) is 3. The van der Waals surface area contributed by atoms with Gasteiger partial charge in [-0.3, -0.25) is 4.79 Å². The van der Waals surface area contributed by atoms with Gasteiger partial charge in [-0.25, -0.2) is 0 Å². The molecule has 0 saturated heterocycles. The zero-order valence-electron chi connectivity index (χ0n) is 11.2. The minimum absolute atomic E-state index is 0.0200. The van der Waals surface area contributed by atoms with E-state index in [0.717, 1.165) is 12.8 Å². The smallest absolute Gasteiger partial charge is 0.326 e. The van der Waals surface area contributed by atoms with Crippen molar-refractivity contribution in [3.63, 3.8) is 0 Å². The number of esters is 1. The first kappa shape index (κ1) is 15.4. The third-order valence-electron chi connectivity index (χ3n) is 2.31. The summed E-state index contributed by atoms with van der Waals surface area (Å²) in [6, 6.07) is 0. The Bertz CT molecular complexity index is 203. The quantitative estimate of drug-likeness (QED) is 0.500. The summed E-state index contributed by atoms with van der Waals surface area (Å²) in [5, 5.41) is 0. The van der Waals surface area contributed by atoms with Crippen LogP contribution in [0.1, 0.15) is 54.4 Å². The van der Waals surface area contributed by atoms with E-state index in [1.54, 1.807) is 6.92 Å². The van der Waals surface area contributed by atoms with Crippen molar-refractivity contribution in [2.45, 2.75) is 72.6 Å². The summed E-state index contributed by atoms with van der Waals surface area (Å²) in [4.78, 5) is 11.0. The highest BCUT2D eigenvalue weighted by molar-refractivity contribution is 5.66. The Morgan fingerprint density at radius 1 is 1.12 bits per heavy atom. The van der Waals surface area contributed by atoms with Gasteiger partial charge in [-0.1, -0.05) is 13.8 Å². The maximum Gasteiger partial charge on any atom is 0.326 e. The normalized spacial score (nSPS) is 18.6. The molecule has 0 radical (unpaired) electrons. The lowest BCUT2D eigenvalue weighted by Gasteiger charge is -2.33. The molecule has 0 aliphatic rings. The lowest BCUT2D eigenvalue weighted by Crippen LogP contribution is -2.42. The van der Waals surface area contributed by atoms with Gasteiger partial charge in [0.2, 0.25) is 0 Å². The van der Waals surface area contributed by atoms with E-state index in [1.807, 2.05) is 27.7 Å². The van der Waals surface area contributed by atoms with Crippen LogP contribution in [0.15, 0.2) is 0 Å². The Hall–Kier alpha value is -0.610. The van der Waals surface area contributed by atoms with Gasteiger partial charge in [-0.2, -0.15) is 0 Å². The Morgan fingerprint density at radius 2 is 1.50 bits per heavy atom. The molecular weight excluding hydrogens is 208 g/mol. The molecule has 0 aromatic carbocycles. The van der Waals surface area contributed by atoms with Gasteiger partial charge in [0, 0.05) is 13.8 Å². The average Bonchev–Trinajstić information content (AvgIpc) is 2.15. The topological polar surface area (TPSA) is 44.8 Å². The number of hydrogen-bond donors (Lipinski definition) is 0. The zero-order valence-corrected chi connectivity index (χ0v) is 11.2. The molecule has 0 spiro atoms. The van der Waals surface area contributed by atoms with Crippen molar-refractivity contribution >= 4 is 5.97 Å². The molecule has 0 aliphatic carbocycles. The predicted octanol–water partition coefficient (Wildman–Crippen LogP) is 2.85. The molecule has 0 fully saturated rings. The minimum atomic E-state index is -1.28. The van der Waals surface area contributed by atoms with Gasteiger partial charge in [-0.15, -0.1) is 0 Å². The Morgan fingerprint density at radius 3 is 1.75 bits per heavy atom. The van der Waals surface area contributed by atoms with Crippen LogP contribution >= 0.6 is 0 Å². The van der Waals surface area contributed by atoms with E-state index >= 15 is 0 Å². The van der Waals surface area contributed by atoms with Crippen molar-refractivity contribution in [1.29, 1.82) is 0 Å². The molecule has 0 aromatic rings. The third-order valence-corrected chi connectivity index (χ3v) is 2.31. The van der Waals surface area contributed by atoms with Crippen molar-refractivity contribution in [2.75, 3.05) is 0 Å². The molecule has 2 atom stereocenters. The second-order valence-electron chi connectivity index (χ2n) is 4.13. The Kier molecular flexibility index (Phi) is 6.60. The molecule has 16 heavy (non-hydrogen) atoms. The SMILES string of the molecule is CCC(C)OC(C)(OC(C)=O)OC(C)CC. The van der Waals surface area contributed by atoms with Crippen molar-refractivity contribution in [1.82, 2.24) is 0 Å². The van der Waals surface area contributed by atoms with Gasteiger partial charge in [0.1, 0.15) is 0 Å². The van der Waals surface area contributed by atoms with Crippen LogP contribution in [0.25, 0.3) is 0 Å². The molecule has 0 bridgehead atoms. The highest BCUT2D eigenvalue weighted by atomic mass is 16.9. The van der Waals surface area contributed by atoms with Crippen LogP contribution in [0, 0.1) is 0 Å². The van der Waals surface area contributed by atoms with E-state index in [2.05, 4.69) is 0 Å². The van der Waals surface area contributed by atoms with Gasteiger partial charge >= 0.3 is 11.9 Å². The molecule has 96 valence electrons. The molecule has 0 saturated carbocycles. The van der Waals surface area contributed by atoms with Crippen molar-refractivity contribution in [3.05, 3.63) is 0 Å². The van der Waals surface area contributed by atoms with Gasteiger partial charge in [0.25, 0.3) is 0 Å². The first-order chi connectivity index (χ1) is 7.33. The molecule has 2 unspecified atom stereocenters. The maximum absolute atomic E-state index is 11.0. The van der Waals surface area contributed by atoms with E-state index in [-0.39, 0.29) is 12.2 Å². The van der Waals surface area contributed by atoms with E-state index in [0.29, 0.717) is 0 Å². The van der Waals surface area contributed by atoms with Crippen LogP contribution in [0.2, 0.25) is 0 Å². The van der Waals surface area contributed by atoms with Crippen LogP contribution in [0.4, 0.5) is 0 Å². The molecule has 0 aromatic heterocycles. The lowest BCUT2D eigenvalue weighted by molar-refractivity contribution is -0.375. The maximum atomic E-state index is 11.0. The van der Waals surface area contributed by atoms with Crippen LogP contribution in [-0.4, -0.2) is 24.2 Å². The first-order valence-electron chi connectivity index (χ1n) is 5.88. The van der Waals surface area contributed by atoms with Crippen LogP contribution in [0.3, 0.4) is 0 Å². The third kappa shape index (κ3) is 6.08. The molecule has 0 amide bonds. The summed E-state index contributed by atoms with van der Waals surface area (Å²) in [6.07, 6.45) is 1.63. The van der Waals surface area contributed by atoms with Gasteiger partial charge in [0.15, 0.2) is 0 Å². The highest BCUT2D eigenvalue weighted by Gasteiger charge is 2.33. The second-order valence-corrected chi connectivity index (χ2v) is 4.13. The first-order valence-corrected chi connectivity index (χ1v) is 5.88. The lowest BCUT2D eigenvalue weighted by atomic mass is 10.3. The van der Waals surface area contributed by atoms with E-state index in [1.165, 1.54) is 6.92 Å². The van der Waals surface area contributed by atoms with Crippen LogP contribution < -0.4 is 0 Å². The number of hydrogen-bond acceptors (Lipinski definition) is 4. The molecule has 0 aliphatic heterocycles. The summed E-state index contributed by atoms with van der Waals surface area (Å²) < 4.78 is 16.3.